The summed E-state index contributed by atoms with van der Waals surface area (Å²) < 4.78 is 0. The highest BCUT2D eigenvalue weighted by atomic mass is 16.4. The summed E-state index contributed by atoms with van der Waals surface area (Å²) in [6.45, 7) is 0. The molecule has 4 nitrogen and oxygen atoms in total. The second-order valence-corrected chi connectivity index (χ2v) is 5.56. The van der Waals surface area contributed by atoms with Gasteiger partial charge in [-0.1, -0.05) is 30.7 Å². The van der Waals surface area contributed by atoms with Crippen molar-refractivity contribution in [1.82, 2.24) is 0 Å². The molecule has 0 atom stereocenters. The Balaban J connectivity index is 1.81. The fourth-order valence-electron chi connectivity index (χ4n) is 2.65. The third-order valence-electron chi connectivity index (χ3n) is 4.13. The number of carbonyl (C=O) groups excluding carboxylic acids is 1. The molecule has 0 unspecified atom stereocenters. The van der Waals surface area contributed by atoms with Gasteiger partial charge in [0.2, 0.25) is 0 Å². The van der Waals surface area contributed by atoms with Crippen molar-refractivity contribution in [3.8, 4) is 0 Å². The molecule has 0 heterocycles. The van der Waals surface area contributed by atoms with Crippen LogP contribution in [0.1, 0.15) is 51.5 Å². The molecule has 0 bridgehead atoms. The van der Waals surface area contributed by atoms with Gasteiger partial charge in [-0.2, -0.15) is 0 Å². The van der Waals surface area contributed by atoms with Crippen LogP contribution in [0, 0.1) is 0 Å². The van der Waals surface area contributed by atoms with Gasteiger partial charge in [0.15, 0.2) is 0 Å². The van der Waals surface area contributed by atoms with Crippen molar-refractivity contribution in [2.45, 2.75) is 25.2 Å². The molecule has 22 heavy (non-hydrogen) atoms. The monoisotopic (exact) mass is 295 g/mol. The van der Waals surface area contributed by atoms with Crippen LogP contribution in [0.15, 0.2) is 48.5 Å². The van der Waals surface area contributed by atoms with Crippen LogP contribution in [0.5, 0.6) is 0 Å². The maximum absolute atomic E-state index is 12.4. The van der Waals surface area contributed by atoms with E-state index >= 15 is 0 Å². The van der Waals surface area contributed by atoms with Crippen molar-refractivity contribution in [2.75, 3.05) is 5.32 Å². The molecule has 0 spiro atoms. The van der Waals surface area contributed by atoms with Gasteiger partial charge in [-0.15, -0.1) is 0 Å². The van der Waals surface area contributed by atoms with Crippen molar-refractivity contribution in [2.24, 2.45) is 0 Å². The quantitative estimate of drug-likeness (QED) is 0.898. The normalized spacial score (nSPS) is 14.2. The van der Waals surface area contributed by atoms with Gasteiger partial charge in [-0.05, 0) is 48.6 Å². The number of anilines is 1. The summed E-state index contributed by atoms with van der Waals surface area (Å²) in [6.07, 6.45) is 3.59. The van der Waals surface area contributed by atoms with Crippen LogP contribution in [-0.4, -0.2) is 17.0 Å². The average Bonchev–Trinajstić information content (AvgIpc) is 2.46. The lowest BCUT2D eigenvalue weighted by atomic mass is 9.79. The van der Waals surface area contributed by atoms with Crippen LogP contribution in [0.4, 0.5) is 5.69 Å². The number of carboxylic acids is 1. The van der Waals surface area contributed by atoms with E-state index < -0.39 is 5.97 Å². The Hall–Kier alpha value is -2.62. The topological polar surface area (TPSA) is 66.4 Å². The Labute approximate surface area is 128 Å². The van der Waals surface area contributed by atoms with Crippen LogP contribution in [0.2, 0.25) is 0 Å². The molecule has 0 radical (unpaired) electrons. The van der Waals surface area contributed by atoms with Gasteiger partial charge in [0.1, 0.15) is 0 Å². The van der Waals surface area contributed by atoms with Gasteiger partial charge in [0.05, 0.1) is 11.3 Å². The molecule has 0 aliphatic heterocycles. The van der Waals surface area contributed by atoms with Gasteiger partial charge >= 0.3 is 5.97 Å². The highest BCUT2D eigenvalue weighted by Crippen LogP contribution is 2.36. The fraction of sp³-hybridized carbons (Fsp3) is 0.222. The molecule has 1 aliphatic carbocycles. The fourth-order valence-corrected chi connectivity index (χ4v) is 2.65. The summed E-state index contributed by atoms with van der Waals surface area (Å²) in [5, 5.41) is 11.8. The first-order valence-corrected chi connectivity index (χ1v) is 7.39. The molecule has 0 aromatic heterocycles. The SMILES string of the molecule is O=C(Nc1ccccc1C(=O)O)c1cccc(C2CCC2)c1. The molecule has 1 fully saturated rings. The molecule has 1 saturated carbocycles. The first-order valence-electron chi connectivity index (χ1n) is 7.39. The van der Waals surface area contributed by atoms with Gasteiger partial charge in [0.25, 0.3) is 5.91 Å². The molecular formula is C18H17NO3. The van der Waals surface area contributed by atoms with Crippen molar-refractivity contribution >= 4 is 17.6 Å². The smallest absolute Gasteiger partial charge is 0.337 e. The highest BCUT2D eigenvalue weighted by Gasteiger charge is 2.20. The van der Waals surface area contributed by atoms with Gasteiger partial charge in [0, 0.05) is 5.56 Å². The first kappa shape index (κ1) is 14.3. The van der Waals surface area contributed by atoms with Crippen molar-refractivity contribution in [1.29, 1.82) is 0 Å². The standard InChI is InChI=1S/C18H17NO3/c20-17(19-16-10-2-1-9-15(16)18(21)22)14-8-4-7-13(11-14)12-5-3-6-12/h1-2,4,7-12H,3,5-6H2,(H,19,20)(H,21,22). The average molecular weight is 295 g/mol. The van der Waals surface area contributed by atoms with Crippen LogP contribution < -0.4 is 5.32 Å². The Morgan fingerprint density at radius 1 is 1.05 bits per heavy atom. The second kappa shape index (κ2) is 6.02. The van der Waals surface area contributed by atoms with E-state index in [2.05, 4.69) is 5.32 Å². The van der Waals surface area contributed by atoms with Crippen molar-refractivity contribution in [3.63, 3.8) is 0 Å². The highest BCUT2D eigenvalue weighted by molar-refractivity contribution is 6.07. The van der Waals surface area contributed by atoms with E-state index in [9.17, 15) is 9.59 Å². The van der Waals surface area contributed by atoms with Crippen LogP contribution in [0.3, 0.4) is 0 Å². The lowest BCUT2D eigenvalue weighted by Crippen LogP contribution is -2.16. The van der Waals surface area contributed by atoms with Crippen molar-refractivity contribution in [3.05, 3.63) is 65.2 Å². The minimum Gasteiger partial charge on any atom is -0.478 e. The summed E-state index contributed by atoms with van der Waals surface area (Å²) >= 11 is 0. The van der Waals surface area contributed by atoms with E-state index in [-0.39, 0.29) is 11.5 Å². The third-order valence-corrected chi connectivity index (χ3v) is 4.13. The zero-order valence-corrected chi connectivity index (χ0v) is 12.1. The van der Waals surface area contributed by atoms with Gasteiger partial charge < -0.3 is 10.4 Å². The van der Waals surface area contributed by atoms with E-state index in [1.165, 1.54) is 30.9 Å². The molecule has 2 aromatic rings. The largest absolute Gasteiger partial charge is 0.478 e. The molecule has 4 heteroatoms. The van der Waals surface area contributed by atoms with Crippen LogP contribution in [0.25, 0.3) is 0 Å². The van der Waals surface area contributed by atoms with Gasteiger partial charge in [-0.3, -0.25) is 4.79 Å². The second-order valence-electron chi connectivity index (χ2n) is 5.56. The Kier molecular flexibility index (Phi) is 3.92. The zero-order valence-electron chi connectivity index (χ0n) is 12.1. The number of carboxylic acid groups (broad SMARTS) is 1. The Bertz CT molecular complexity index is 720. The van der Waals surface area contributed by atoms with E-state index in [4.69, 9.17) is 5.11 Å². The molecule has 2 N–H and O–H groups in total. The summed E-state index contributed by atoms with van der Waals surface area (Å²) in [5.41, 5.74) is 2.15. The minimum atomic E-state index is -1.06. The number of para-hydroxylation sites is 1. The Morgan fingerprint density at radius 3 is 2.50 bits per heavy atom. The molecule has 2 aromatic carbocycles. The van der Waals surface area contributed by atoms with E-state index in [1.54, 1.807) is 24.3 Å². The molecule has 1 amide bonds. The summed E-state index contributed by atoms with van der Waals surface area (Å²) in [5.74, 6) is -0.784. The molecule has 3 rings (SSSR count). The number of amides is 1. The number of aromatic carboxylic acids is 1. The number of hydrogen-bond acceptors (Lipinski definition) is 2. The molecular weight excluding hydrogens is 278 g/mol. The molecule has 112 valence electrons. The third kappa shape index (κ3) is 2.86. The zero-order chi connectivity index (χ0) is 15.5. The number of nitrogens with one attached hydrogen (secondary N) is 1. The maximum atomic E-state index is 12.4. The lowest BCUT2D eigenvalue weighted by molar-refractivity contribution is 0.0698. The first-order chi connectivity index (χ1) is 10.6. The predicted octanol–water partition coefficient (Wildman–Crippen LogP) is 3.90. The number of carbonyl (C=O) groups is 2. The summed E-state index contributed by atoms with van der Waals surface area (Å²) in [4.78, 5) is 23.5. The minimum absolute atomic E-state index is 0.0889. The van der Waals surface area contributed by atoms with Crippen LogP contribution in [-0.2, 0) is 0 Å². The number of hydrogen-bond donors (Lipinski definition) is 2. The maximum Gasteiger partial charge on any atom is 0.337 e. The Morgan fingerprint density at radius 2 is 1.82 bits per heavy atom. The summed E-state index contributed by atoms with van der Waals surface area (Å²) in [7, 11) is 0. The molecule has 1 aliphatic rings. The summed E-state index contributed by atoms with van der Waals surface area (Å²) in [6, 6.07) is 14.0. The van der Waals surface area contributed by atoms with Crippen molar-refractivity contribution < 1.29 is 14.7 Å². The van der Waals surface area contributed by atoms with E-state index in [0.29, 0.717) is 17.2 Å². The van der Waals surface area contributed by atoms with Crippen LogP contribution >= 0.6 is 0 Å². The van der Waals surface area contributed by atoms with E-state index in [1.807, 2.05) is 18.2 Å². The van der Waals surface area contributed by atoms with Gasteiger partial charge in [-0.25, -0.2) is 4.79 Å². The predicted molar refractivity (Wildman–Crippen MR) is 84.4 cm³/mol. The van der Waals surface area contributed by atoms with E-state index in [0.717, 1.165) is 0 Å². The lowest BCUT2D eigenvalue weighted by Gasteiger charge is -2.26. The molecule has 0 saturated heterocycles. The number of benzene rings is 2. The number of rotatable bonds is 4.